The number of hydrogen-bond acceptors (Lipinski definition) is 5. The van der Waals surface area contributed by atoms with Gasteiger partial charge >= 0.3 is 0 Å². The van der Waals surface area contributed by atoms with E-state index >= 15 is 0 Å². The predicted octanol–water partition coefficient (Wildman–Crippen LogP) is 3.35. The summed E-state index contributed by atoms with van der Waals surface area (Å²) in [5.41, 5.74) is 1.22. The molecule has 1 unspecified atom stereocenters. The molecule has 0 saturated heterocycles. The fraction of sp³-hybridized carbons (Fsp3) is 0.500. The Bertz CT molecular complexity index is 534. The predicted molar refractivity (Wildman–Crippen MR) is 86.7 cm³/mol. The number of aromatic nitrogens is 4. The summed E-state index contributed by atoms with van der Waals surface area (Å²) in [5.74, 6) is 2.33. The van der Waals surface area contributed by atoms with Crippen molar-refractivity contribution < 1.29 is 0 Å². The zero-order valence-corrected chi connectivity index (χ0v) is 13.7. The van der Waals surface area contributed by atoms with Crippen molar-refractivity contribution in [1.29, 1.82) is 0 Å². The summed E-state index contributed by atoms with van der Waals surface area (Å²) in [5, 5.41) is 12.8. The first-order chi connectivity index (χ1) is 9.52. The smallest absolute Gasteiger partial charge is 0.188 e. The van der Waals surface area contributed by atoms with Crippen molar-refractivity contribution in [3.05, 3.63) is 30.3 Å². The molecular weight excluding hydrogens is 288 g/mol. The van der Waals surface area contributed by atoms with E-state index in [1.165, 1.54) is 0 Å². The summed E-state index contributed by atoms with van der Waals surface area (Å²) >= 11 is 6.15. The van der Waals surface area contributed by atoms with Crippen molar-refractivity contribution in [2.24, 2.45) is 11.3 Å². The highest BCUT2D eigenvalue weighted by Crippen LogP contribution is 2.32. The van der Waals surface area contributed by atoms with E-state index in [1.807, 2.05) is 30.3 Å². The van der Waals surface area contributed by atoms with E-state index in [0.29, 0.717) is 5.92 Å². The highest BCUT2D eigenvalue weighted by Gasteiger charge is 2.24. The van der Waals surface area contributed by atoms with E-state index in [-0.39, 0.29) is 5.41 Å². The van der Waals surface area contributed by atoms with Crippen molar-refractivity contribution >= 4 is 24.4 Å². The summed E-state index contributed by atoms with van der Waals surface area (Å²) in [6, 6.07) is 9.95. The van der Waals surface area contributed by atoms with Crippen LogP contribution in [-0.2, 0) is 0 Å². The van der Waals surface area contributed by atoms with Crippen LogP contribution in [0.15, 0.2) is 35.5 Å². The Morgan fingerprint density at radius 3 is 2.55 bits per heavy atom. The molecule has 1 aromatic carbocycles. The van der Waals surface area contributed by atoms with Gasteiger partial charge in [-0.15, -0.1) is 5.10 Å². The molecule has 0 aliphatic heterocycles. The third-order valence-corrected chi connectivity index (χ3v) is 4.82. The van der Waals surface area contributed by atoms with Crippen LogP contribution in [0, 0.1) is 11.3 Å². The van der Waals surface area contributed by atoms with Gasteiger partial charge in [-0.25, -0.2) is 0 Å². The Kier molecular flexibility index (Phi) is 5.10. The molecule has 2 rings (SSSR count). The Hall–Kier alpha value is -1.01. The van der Waals surface area contributed by atoms with Gasteiger partial charge in [0.1, 0.15) is 0 Å². The first kappa shape index (κ1) is 15.4. The molecule has 20 heavy (non-hydrogen) atoms. The number of rotatable bonds is 5. The van der Waals surface area contributed by atoms with E-state index in [1.54, 1.807) is 16.4 Å². The maximum atomic E-state index is 4.46. The molecular formula is C14H20N4S2. The van der Waals surface area contributed by atoms with Gasteiger partial charge < -0.3 is 0 Å². The molecule has 4 nitrogen and oxygen atoms in total. The Balaban J connectivity index is 2.10. The summed E-state index contributed by atoms with van der Waals surface area (Å²) in [6.45, 7) is 6.73. The molecule has 108 valence electrons. The summed E-state index contributed by atoms with van der Waals surface area (Å²) in [7, 11) is 0. The van der Waals surface area contributed by atoms with Crippen LogP contribution in [-0.4, -0.2) is 31.7 Å². The molecule has 0 aliphatic rings. The molecule has 0 saturated carbocycles. The van der Waals surface area contributed by atoms with Crippen LogP contribution < -0.4 is 0 Å². The minimum absolute atomic E-state index is 0.236. The number of thioether (sulfide) groups is 1. The topological polar surface area (TPSA) is 43.6 Å². The third kappa shape index (κ3) is 3.76. The zero-order valence-electron chi connectivity index (χ0n) is 12.0. The molecule has 0 spiro atoms. The lowest BCUT2D eigenvalue weighted by Crippen LogP contribution is -2.24. The van der Waals surface area contributed by atoms with E-state index < -0.39 is 0 Å². The molecule has 1 aromatic heterocycles. The Morgan fingerprint density at radius 1 is 1.25 bits per heavy atom. The molecule has 6 heteroatoms. The lowest BCUT2D eigenvalue weighted by molar-refractivity contribution is 0.294. The minimum atomic E-state index is 0.236. The first-order valence-corrected chi connectivity index (χ1v) is 8.21. The number of benzene rings is 1. The summed E-state index contributed by atoms with van der Waals surface area (Å²) < 4.78 is 1.78. The van der Waals surface area contributed by atoms with Crippen LogP contribution in [0.3, 0.4) is 0 Å². The van der Waals surface area contributed by atoms with Gasteiger partial charge in [0, 0.05) is 5.75 Å². The number of thiol groups is 1. The van der Waals surface area contributed by atoms with Crippen molar-refractivity contribution in [2.75, 3.05) is 11.5 Å². The number of nitrogens with zero attached hydrogens (tertiary/aromatic N) is 4. The minimum Gasteiger partial charge on any atom is -0.188 e. The van der Waals surface area contributed by atoms with Crippen LogP contribution in [0.5, 0.6) is 0 Å². The normalized spacial score (nSPS) is 13.4. The molecule has 0 radical (unpaired) electrons. The fourth-order valence-electron chi connectivity index (χ4n) is 1.75. The second kappa shape index (κ2) is 6.63. The average Bonchev–Trinajstić information content (AvgIpc) is 2.87. The number of para-hydroxylation sites is 1. The molecule has 1 heterocycles. The molecule has 0 fully saturated rings. The monoisotopic (exact) mass is 308 g/mol. The van der Waals surface area contributed by atoms with Crippen LogP contribution in [0.2, 0.25) is 0 Å². The molecule has 0 amide bonds. The third-order valence-electron chi connectivity index (χ3n) is 3.30. The summed E-state index contributed by atoms with van der Waals surface area (Å²) in [6.07, 6.45) is 0. The number of hydrogen-bond donors (Lipinski definition) is 1. The van der Waals surface area contributed by atoms with Crippen molar-refractivity contribution in [1.82, 2.24) is 20.2 Å². The Labute approximate surface area is 129 Å². The highest BCUT2D eigenvalue weighted by atomic mass is 32.2. The van der Waals surface area contributed by atoms with Crippen molar-refractivity contribution in [3.63, 3.8) is 0 Å². The lowest BCUT2D eigenvalue weighted by atomic mass is 9.83. The molecule has 0 bridgehead atoms. The Morgan fingerprint density at radius 2 is 1.95 bits per heavy atom. The van der Waals surface area contributed by atoms with Crippen LogP contribution in [0.4, 0.5) is 0 Å². The van der Waals surface area contributed by atoms with Gasteiger partial charge in [0.25, 0.3) is 0 Å². The zero-order chi connectivity index (χ0) is 14.6. The quantitative estimate of drug-likeness (QED) is 0.679. The average molecular weight is 308 g/mol. The van der Waals surface area contributed by atoms with Gasteiger partial charge in [-0.2, -0.15) is 17.3 Å². The first-order valence-electron chi connectivity index (χ1n) is 6.60. The molecule has 2 aromatic rings. The van der Waals surface area contributed by atoms with Gasteiger partial charge in [0.15, 0.2) is 0 Å². The largest absolute Gasteiger partial charge is 0.214 e. The second-order valence-corrected chi connectivity index (χ2v) is 7.12. The maximum Gasteiger partial charge on any atom is 0.214 e. The lowest BCUT2D eigenvalue weighted by Gasteiger charge is -2.28. The van der Waals surface area contributed by atoms with E-state index in [9.17, 15) is 0 Å². The van der Waals surface area contributed by atoms with Crippen LogP contribution >= 0.6 is 24.4 Å². The van der Waals surface area contributed by atoms with E-state index in [0.717, 1.165) is 22.3 Å². The number of tetrazole rings is 1. The van der Waals surface area contributed by atoms with Crippen molar-refractivity contribution in [2.45, 2.75) is 25.9 Å². The SMILES string of the molecule is CC(C)(C)C(CS)CSc1nnnn1-c1ccccc1. The van der Waals surface area contributed by atoms with Gasteiger partial charge in [-0.1, -0.05) is 50.7 Å². The van der Waals surface area contributed by atoms with Gasteiger partial charge in [0.05, 0.1) is 5.69 Å². The standard InChI is InChI=1S/C14H20N4S2/c1-14(2,3)11(9-19)10-20-13-15-16-17-18(13)12-7-5-4-6-8-12/h4-8,11,19H,9-10H2,1-3H3. The van der Waals surface area contributed by atoms with Gasteiger partial charge in [0.2, 0.25) is 5.16 Å². The molecule has 1 atom stereocenters. The summed E-state index contributed by atoms with van der Waals surface area (Å²) in [4.78, 5) is 0. The maximum absolute atomic E-state index is 4.46. The molecule has 0 N–H and O–H groups in total. The van der Waals surface area contributed by atoms with E-state index in [2.05, 4.69) is 48.9 Å². The van der Waals surface area contributed by atoms with E-state index in [4.69, 9.17) is 0 Å². The van der Waals surface area contributed by atoms with Crippen LogP contribution in [0.1, 0.15) is 20.8 Å². The highest BCUT2D eigenvalue weighted by molar-refractivity contribution is 7.99. The van der Waals surface area contributed by atoms with Crippen LogP contribution in [0.25, 0.3) is 5.69 Å². The van der Waals surface area contributed by atoms with Gasteiger partial charge in [-0.3, -0.25) is 0 Å². The van der Waals surface area contributed by atoms with Gasteiger partial charge in [-0.05, 0) is 39.6 Å². The fourth-order valence-corrected chi connectivity index (χ4v) is 3.93. The molecule has 0 aliphatic carbocycles. The second-order valence-electron chi connectivity index (χ2n) is 5.77. The van der Waals surface area contributed by atoms with Crippen molar-refractivity contribution in [3.8, 4) is 5.69 Å².